The standard InChI is InChI=1S/C19H29NO3/c1-3-4-5-8-19(21)23-18-11-9-17(10-12-18)22-15-13-16-7-6-14-20(16)2/h9-12,16H,3-8,13-15H2,1-2H3. The fourth-order valence-electron chi connectivity index (χ4n) is 2.96. The van der Waals surface area contributed by atoms with E-state index < -0.39 is 0 Å². The fraction of sp³-hybridized carbons (Fsp3) is 0.632. The van der Waals surface area contributed by atoms with E-state index in [1.165, 1.54) is 19.4 Å². The van der Waals surface area contributed by atoms with Gasteiger partial charge in [0, 0.05) is 12.5 Å². The van der Waals surface area contributed by atoms with E-state index in [0.29, 0.717) is 18.2 Å². The van der Waals surface area contributed by atoms with Crippen molar-refractivity contribution in [3.8, 4) is 11.5 Å². The number of hydrogen-bond donors (Lipinski definition) is 0. The molecule has 1 aliphatic heterocycles. The number of nitrogens with zero attached hydrogens (tertiary/aromatic N) is 1. The molecule has 1 heterocycles. The Morgan fingerprint density at radius 3 is 2.61 bits per heavy atom. The van der Waals surface area contributed by atoms with E-state index >= 15 is 0 Å². The predicted octanol–water partition coefficient (Wildman–Crippen LogP) is 4.04. The summed E-state index contributed by atoms with van der Waals surface area (Å²) >= 11 is 0. The van der Waals surface area contributed by atoms with Crippen LogP contribution in [0.1, 0.15) is 51.9 Å². The fourth-order valence-corrected chi connectivity index (χ4v) is 2.96. The normalized spacial score (nSPS) is 18.1. The Morgan fingerprint density at radius 2 is 1.96 bits per heavy atom. The summed E-state index contributed by atoms with van der Waals surface area (Å²) in [6, 6.07) is 7.99. The van der Waals surface area contributed by atoms with Crippen LogP contribution in [0, 0.1) is 0 Å². The zero-order chi connectivity index (χ0) is 16.5. The first-order valence-electron chi connectivity index (χ1n) is 8.83. The summed E-state index contributed by atoms with van der Waals surface area (Å²) in [4.78, 5) is 14.1. The molecule has 0 saturated carbocycles. The maximum atomic E-state index is 11.7. The second-order valence-electron chi connectivity index (χ2n) is 6.32. The highest BCUT2D eigenvalue weighted by Gasteiger charge is 2.20. The van der Waals surface area contributed by atoms with Crippen molar-refractivity contribution in [2.75, 3.05) is 20.2 Å². The molecular formula is C19H29NO3. The topological polar surface area (TPSA) is 38.8 Å². The van der Waals surface area contributed by atoms with Crippen molar-refractivity contribution in [3.05, 3.63) is 24.3 Å². The SMILES string of the molecule is CCCCCC(=O)Oc1ccc(OCCC2CCCN2C)cc1. The minimum Gasteiger partial charge on any atom is -0.494 e. The summed E-state index contributed by atoms with van der Waals surface area (Å²) in [6.45, 7) is 4.04. The molecule has 4 heteroatoms. The highest BCUT2D eigenvalue weighted by Crippen LogP contribution is 2.21. The molecule has 1 aromatic carbocycles. The van der Waals surface area contributed by atoms with Gasteiger partial charge >= 0.3 is 5.97 Å². The first kappa shape index (κ1) is 17.8. The van der Waals surface area contributed by atoms with Gasteiger partial charge in [-0.05, 0) is 63.5 Å². The van der Waals surface area contributed by atoms with Crippen LogP contribution in [-0.4, -0.2) is 37.1 Å². The molecule has 0 amide bonds. The van der Waals surface area contributed by atoms with Crippen molar-refractivity contribution < 1.29 is 14.3 Å². The van der Waals surface area contributed by atoms with Crippen LogP contribution in [0.2, 0.25) is 0 Å². The van der Waals surface area contributed by atoms with Gasteiger partial charge in [-0.25, -0.2) is 0 Å². The van der Waals surface area contributed by atoms with Crippen LogP contribution in [0.4, 0.5) is 0 Å². The Labute approximate surface area is 139 Å². The van der Waals surface area contributed by atoms with Gasteiger partial charge in [-0.15, -0.1) is 0 Å². The van der Waals surface area contributed by atoms with Crippen LogP contribution >= 0.6 is 0 Å². The summed E-state index contributed by atoms with van der Waals surface area (Å²) in [5.74, 6) is 1.27. The number of rotatable bonds is 9. The third-order valence-electron chi connectivity index (χ3n) is 4.43. The van der Waals surface area contributed by atoms with Crippen LogP contribution in [0.15, 0.2) is 24.3 Å². The number of likely N-dealkylation sites (tertiary alicyclic amines) is 1. The lowest BCUT2D eigenvalue weighted by atomic mass is 10.1. The largest absolute Gasteiger partial charge is 0.494 e. The number of hydrogen-bond acceptors (Lipinski definition) is 4. The highest BCUT2D eigenvalue weighted by molar-refractivity contribution is 5.72. The Hall–Kier alpha value is -1.55. The number of carbonyl (C=O) groups is 1. The van der Waals surface area contributed by atoms with Gasteiger partial charge in [-0.2, -0.15) is 0 Å². The van der Waals surface area contributed by atoms with Gasteiger partial charge in [0.05, 0.1) is 6.61 Å². The Balaban J connectivity index is 1.68. The quantitative estimate of drug-likeness (QED) is 0.391. The van der Waals surface area contributed by atoms with E-state index in [4.69, 9.17) is 9.47 Å². The average Bonchev–Trinajstić information content (AvgIpc) is 2.95. The molecular weight excluding hydrogens is 290 g/mol. The summed E-state index contributed by atoms with van der Waals surface area (Å²) in [5.41, 5.74) is 0. The van der Waals surface area contributed by atoms with Crippen LogP contribution in [0.5, 0.6) is 11.5 Å². The van der Waals surface area contributed by atoms with Gasteiger partial charge in [0.2, 0.25) is 0 Å². The van der Waals surface area contributed by atoms with E-state index in [-0.39, 0.29) is 5.97 Å². The second kappa shape index (κ2) is 9.56. The zero-order valence-corrected chi connectivity index (χ0v) is 14.4. The molecule has 0 radical (unpaired) electrons. The van der Waals surface area contributed by atoms with Crippen molar-refractivity contribution in [2.24, 2.45) is 0 Å². The summed E-state index contributed by atoms with van der Waals surface area (Å²) in [6.07, 6.45) is 7.18. The summed E-state index contributed by atoms with van der Waals surface area (Å²) < 4.78 is 11.1. The average molecular weight is 319 g/mol. The molecule has 1 saturated heterocycles. The first-order chi connectivity index (χ1) is 11.2. The van der Waals surface area contributed by atoms with Gasteiger partial charge in [0.25, 0.3) is 0 Å². The highest BCUT2D eigenvalue weighted by atomic mass is 16.5. The van der Waals surface area contributed by atoms with E-state index in [9.17, 15) is 4.79 Å². The van der Waals surface area contributed by atoms with E-state index in [1.54, 1.807) is 12.1 Å². The molecule has 2 rings (SSSR count). The monoisotopic (exact) mass is 319 g/mol. The molecule has 0 spiro atoms. The molecule has 0 aliphatic carbocycles. The van der Waals surface area contributed by atoms with Crippen molar-refractivity contribution in [3.63, 3.8) is 0 Å². The molecule has 0 aromatic heterocycles. The Morgan fingerprint density at radius 1 is 1.22 bits per heavy atom. The molecule has 0 N–H and O–H groups in total. The molecule has 1 aromatic rings. The van der Waals surface area contributed by atoms with Crippen LogP contribution in [0.3, 0.4) is 0 Å². The molecule has 128 valence electrons. The summed E-state index contributed by atoms with van der Waals surface area (Å²) in [7, 11) is 2.18. The Bertz CT molecular complexity index is 472. The van der Waals surface area contributed by atoms with Crippen LogP contribution in [0.25, 0.3) is 0 Å². The lowest BCUT2D eigenvalue weighted by Crippen LogP contribution is -2.26. The van der Waals surface area contributed by atoms with E-state index in [2.05, 4.69) is 18.9 Å². The third kappa shape index (κ3) is 6.22. The van der Waals surface area contributed by atoms with Crippen molar-refractivity contribution in [1.82, 2.24) is 4.90 Å². The molecule has 1 fully saturated rings. The lowest BCUT2D eigenvalue weighted by molar-refractivity contribution is -0.134. The summed E-state index contributed by atoms with van der Waals surface area (Å²) in [5, 5.41) is 0. The minimum absolute atomic E-state index is 0.156. The molecule has 1 unspecified atom stereocenters. The minimum atomic E-state index is -0.156. The first-order valence-corrected chi connectivity index (χ1v) is 8.83. The number of benzene rings is 1. The number of carbonyl (C=O) groups excluding carboxylic acids is 1. The molecule has 1 atom stereocenters. The lowest BCUT2D eigenvalue weighted by Gasteiger charge is -2.19. The van der Waals surface area contributed by atoms with Crippen molar-refractivity contribution >= 4 is 5.97 Å². The van der Waals surface area contributed by atoms with Gasteiger partial charge in [0.15, 0.2) is 0 Å². The van der Waals surface area contributed by atoms with Crippen LogP contribution in [-0.2, 0) is 4.79 Å². The van der Waals surface area contributed by atoms with Gasteiger partial charge in [-0.1, -0.05) is 19.8 Å². The third-order valence-corrected chi connectivity index (χ3v) is 4.43. The smallest absolute Gasteiger partial charge is 0.311 e. The predicted molar refractivity (Wildman–Crippen MR) is 92.0 cm³/mol. The molecule has 0 bridgehead atoms. The van der Waals surface area contributed by atoms with Crippen molar-refractivity contribution in [1.29, 1.82) is 0 Å². The van der Waals surface area contributed by atoms with Gasteiger partial charge in [-0.3, -0.25) is 4.79 Å². The van der Waals surface area contributed by atoms with Gasteiger partial charge < -0.3 is 14.4 Å². The Kier molecular flexibility index (Phi) is 7.40. The van der Waals surface area contributed by atoms with Crippen molar-refractivity contribution in [2.45, 2.75) is 57.9 Å². The van der Waals surface area contributed by atoms with Crippen LogP contribution < -0.4 is 9.47 Å². The number of unbranched alkanes of at least 4 members (excludes halogenated alkanes) is 2. The maximum Gasteiger partial charge on any atom is 0.311 e. The number of esters is 1. The van der Waals surface area contributed by atoms with E-state index in [0.717, 1.165) is 38.0 Å². The molecule has 23 heavy (non-hydrogen) atoms. The second-order valence-corrected chi connectivity index (χ2v) is 6.32. The molecule has 4 nitrogen and oxygen atoms in total. The zero-order valence-electron chi connectivity index (χ0n) is 14.4. The van der Waals surface area contributed by atoms with E-state index in [1.807, 2.05) is 12.1 Å². The van der Waals surface area contributed by atoms with Gasteiger partial charge in [0.1, 0.15) is 11.5 Å². The molecule has 1 aliphatic rings. The maximum absolute atomic E-state index is 11.7. The number of ether oxygens (including phenoxy) is 2.